The summed E-state index contributed by atoms with van der Waals surface area (Å²) in [5.41, 5.74) is 4.26. The first-order chi connectivity index (χ1) is 12.6. The normalized spacial score (nSPS) is 15.9. The molecule has 1 aromatic carbocycles. The number of nitrogens with zero attached hydrogens (tertiary/aromatic N) is 5. The number of anilines is 1. The number of halogens is 1. The van der Waals surface area contributed by atoms with Gasteiger partial charge in [-0.1, -0.05) is 25.4 Å². The molecule has 1 aliphatic rings. The van der Waals surface area contributed by atoms with Gasteiger partial charge < -0.3 is 4.90 Å². The van der Waals surface area contributed by atoms with Crippen molar-refractivity contribution >= 4 is 28.5 Å². The number of H-pyrrole nitrogens is 1. The van der Waals surface area contributed by atoms with E-state index < -0.39 is 0 Å². The van der Waals surface area contributed by atoms with E-state index in [-0.39, 0.29) is 0 Å². The highest BCUT2D eigenvalue weighted by Gasteiger charge is 2.20. The standard InChI is InChI=1S/C19H23ClN6/c1-13(2)19-14(10-22-24-19)12-25-5-7-26(8-6-25)18-11-21-17-9-15(20)3-4-16(17)23-18/h3-4,9-11,13H,5-8,12H2,1-2H3,(H,22,24). The highest BCUT2D eigenvalue weighted by Crippen LogP contribution is 2.22. The van der Waals surface area contributed by atoms with Gasteiger partial charge in [0, 0.05) is 49.0 Å². The molecular formula is C19H23ClN6. The third-order valence-electron chi connectivity index (χ3n) is 4.91. The lowest BCUT2D eigenvalue weighted by Crippen LogP contribution is -2.46. The molecule has 0 radical (unpaired) electrons. The van der Waals surface area contributed by atoms with Crippen LogP contribution >= 0.6 is 11.6 Å². The highest BCUT2D eigenvalue weighted by molar-refractivity contribution is 6.31. The fraction of sp³-hybridized carbons (Fsp3) is 0.421. The van der Waals surface area contributed by atoms with Gasteiger partial charge in [-0.25, -0.2) is 4.98 Å². The lowest BCUT2D eigenvalue weighted by Gasteiger charge is -2.35. The number of hydrogen-bond donors (Lipinski definition) is 1. The van der Waals surface area contributed by atoms with E-state index in [9.17, 15) is 0 Å². The van der Waals surface area contributed by atoms with Crippen molar-refractivity contribution in [3.63, 3.8) is 0 Å². The minimum Gasteiger partial charge on any atom is -0.353 e. The van der Waals surface area contributed by atoms with E-state index in [1.165, 1.54) is 11.3 Å². The molecule has 0 saturated carbocycles. The second-order valence-electron chi connectivity index (χ2n) is 7.09. The molecule has 0 atom stereocenters. The smallest absolute Gasteiger partial charge is 0.147 e. The number of benzene rings is 1. The van der Waals surface area contributed by atoms with Crippen molar-refractivity contribution < 1.29 is 0 Å². The van der Waals surface area contributed by atoms with Crippen molar-refractivity contribution in [3.05, 3.63) is 46.9 Å². The zero-order chi connectivity index (χ0) is 18.1. The summed E-state index contributed by atoms with van der Waals surface area (Å²) in [7, 11) is 0. The minimum absolute atomic E-state index is 0.468. The lowest BCUT2D eigenvalue weighted by molar-refractivity contribution is 0.248. The first-order valence-corrected chi connectivity index (χ1v) is 9.39. The molecule has 0 amide bonds. The quantitative estimate of drug-likeness (QED) is 0.762. The molecule has 1 saturated heterocycles. The van der Waals surface area contributed by atoms with Crippen LogP contribution in [0.5, 0.6) is 0 Å². The molecule has 1 fully saturated rings. The summed E-state index contributed by atoms with van der Waals surface area (Å²) in [4.78, 5) is 14.0. The molecule has 7 heteroatoms. The van der Waals surface area contributed by atoms with E-state index in [1.807, 2.05) is 30.6 Å². The Morgan fingerprint density at radius 1 is 1.12 bits per heavy atom. The van der Waals surface area contributed by atoms with Crippen molar-refractivity contribution in [2.24, 2.45) is 0 Å². The van der Waals surface area contributed by atoms with Gasteiger partial charge in [-0.05, 0) is 24.1 Å². The molecule has 2 aromatic heterocycles. The number of aromatic amines is 1. The molecule has 1 aliphatic heterocycles. The predicted octanol–water partition coefficient (Wildman–Crippen LogP) is 3.45. The number of hydrogen-bond acceptors (Lipinski definition) is 5. The maximum absolute atomic E-state index is 6.02. The van der Waals surface area contributed by atoms with Gasteiger partial charge in [-0.15, -0.1) is 0 Å². The van der Waals surface area contributed by atoms with Gasteiger partial charge >= 0.3 is 0 Å². The topological polar surface area (TPSA) is 60.9 Å². The Hall–Kier alpha value is -2.18. The molecule has 1 N–H and O–H groups in total. The monoisotopic (exact) mass is 370 g/mol. The zero-order valence-electron chi connectivity index (χ0n) is 15.1. The number of piperazine rings is 1. The van der Waals surface area contributed by atoms with Gasteiger partial charge in [0.2, 0.25) is 0 Å². The predicted molar refractivity (Wildman–Crippen MR) is 105 cm³/mol. The van der Waals surface area contributed by atoms with Crippen molar-refractivity contribution in [1.82, 2.24) is 25.1 Å². The van der Waals surface area contributed by atoms with E-state index in [0.29, 0.717) is 10.9 Å². The highest BCUT2D eigenvalue weighted by atomic mass is 35.5. The van der Waals surface area contributed by atoms with E-state index in [4.69, 9.17) is 16.6 Å². The van der Waals surface area contributed by atoms with Crippen LogP contribution in [0.25, 0.3) is 11.0 Å². The van der Waals surface area contributed by atoms with Crippen LogP contribution in [0.15, 0.2) is 30.6 Å². The molecule has 0 aliphatic carbocycles. The molecule has 3 heterocycles. The lowest BCUT2D eigenvalue weighted by atomic mass is 10.1. The van der Waals surface area contributed by atoms with Crippen LogP contribution in [-0.4, -0.2) is 51.2 Å². The average Bonchev–Trinajstić information content (AvgIpc) is 3.10. The number of rotatable bonds is 4. The van der Waals surface area contributed by atoms with Gasteiger partial charge in [0.1, 0.15) is 5.82 Å². The molecule has 3 aromatic rings. The summed E-state index contributed by atoms with van der Waals surface area (Å²) < 4.78 is 0. The number of fused-ring (bicyclic) bond motifs is 1. The average molecular weight is 371 g/mol. The zero-order valence-corrected chi connectivity index (χ0v) is 15.9. The molecule has 0 spiro atoms. The van der Waals surface area contributed by atoms with Gasteiger partial charge in [0.15, 0.2) is 0 Å². The maximum Gasteiger partial charge on any atom is 0.147 e. The number of aromatic nitrogens is 4. The Morgan fingerprint density at radius 2 is 1.92 bits per heavy atom. The van der Waals surface area contributed by atoms with Gasteiger partial charge in [-0.2, -0.15) is 5.10 Å². The van der Waals surface area contributed by atoms with Crippen LogP contribution in [0, 0.1) is 0 Å². The van der Waals surface area contributed by atoms with Crippen molar-refractivity contribution in [3.8, 4) is 0 Å². The van der Waals surface area contributed by atoms with Crippen LogP contribution < -0.4 is 4.90 Å². The third kappa shape index (κ3) is 3.52. The summed E-state index contributed by atoms with van der Waals surface area (Å²) in [5.74, 6) is 1.40. The van der Waals surface area contributed by atoms with E-state index in [1.54, 1.807) is 0 Å². The van der Waals surface area contributed by atoms with Gasteiger partial charge in [0.25, 0.3) is 0 Å². The minimum atomic E-state index is 0.468. The number of nitrogens with one attached hydrogen (secondary N) is 1. The van der Waals surface area contributed by atoms with Gasteiger partial charge in [0.05, 0.1) is 23.4 Å². The maximum atomic E-state index is 6.02. The van der Waals surface area contributed by atoms with Crippen molar-refractivity contribution in [1.29, 1.82) is 0 Å². The van der Waals surface area contributed by atoms with Crippen molar-refractivity contribution in [2.45, 2.75) is 26.3 Å². The Morgan fingerprint density at radius 3 is 2.69 bits per heavy atom. The first-order valence-electron chi connectivity index (χ1n) is 9.02. The Bertz CT molecular complexity index is 898. The molecule has 6 nitrogen and oxygen atoms in total. The Labute approximate surface area is 158 Å². The molecule has 0 bridgehead atoms. The van der Waals surface area contributed by atoms with Crippen LogP contribution in [-0.2, 0) is 6.54 Å². The summed E-state index contributed by atoms with van der Waals surface area (Å²) in [6.07, 6.45) is 3.81. The van der Waals surface area contributed by atoms with Crippen LogP contribution in [0.1, 0.15) is 31.0 Å². The molecule has 26 heavy (non-hydrogen) atoms. The van der Waals surface area contributed by atoms with E-state index in [0.717, 1.165) is 49.6 Å². The van der Waals surface area contributed by atoms with Crippen molar-refractivity contribution in [2.75, 3.05) is 31.1 Å². The summed E-state index contributed by atoms with van der Waals surface area (Å²) in [5, 5.41) is 8.04. The van der Waals surface area contributed by atoms with Crippen LogP contribution in [0.3, 0.4) is 0 Å². The van der Waals surface area contributed by atoms with Gasteiger partial charge in [-0.3, -0.25) is 15.0 Å². The largest absolute Gasteiger partial charge is 0.353 e. The molecule has 4 rings (SSSR count). The second-order valence-corrected chi connectivity index (χ2v) is 7.52. The van der Waals surface area contributed by atoms with Crippen LogP contribution in [0.4, 0.5) is 5.82 Å². The van der Waals surface area contributed by atoms with E-state index in [2.05, 4.69) is 38.8 Å². The first kappa shape index (κ1) is 17.2. The van der Waals surface area contributed by atoms with E-state index >= 15 is 0 Å². The molecular weight excluding hydrogens is 348 g/mol. The fourth-order valence-electron chi connectivity index (χ4n) is 3.45. The summed E-state index contributed by atoms with van der Waals surface area (Å²) in [6, 6.07) is 5.64. The Balaban J connectivity index is 1.42. The Kier molecular flexibility index (Phi) is 4.78. The summed E-state index contributed by atoms with van der Waals surface area (Å²) in [6.45, 7) is 9.23. The van der Waals surface area contributed by atoms with Crippen LogP contribution in [0.2, 0.25) is 5.02 Å². The third-order valence-corrected chi connectivity index (χ3v) is 5.15. The SMILES string of the molecule is CC(C)c1[nH]ncc1CN1CCN(c2cnc3cc(Cl)ccc3n2)CC1. The molecule has 136 valence electrons. The second kappa shape index (κ2) is 7.21. The summed E-state index contributed by atoms with van der Waals surface area (Å²) >= 11 is 6.02. The fourth-order valence-corrected chi connectivity index (χ4v) is 3.62. The molecule has 0 unspecified atom stereocenters.